The molecule has 0 saturated heterocycles. The number of anilines is 2. The molecule has 0 radical (unpaired) electrons. The molecule has 2 N–H and O–H groups in total. The van der Waals surface area contributed by atoms with Gasteiger partial charge in [-0.1, -0.05) is 18.2 Å². The van der Waals surface area contributed by atoms with Gasteiger partial charge in [0.15, 0.2) is 0 Å². The van der Waals surface area contributed by atoms with E-state index in [0.717, 1.165) is 16.6 Å². The third-order valence-corrected chi connectivity index (χ3v) is 7.41. The summed E-state index contributed by atoms with van der Waals surface area (Å²) in [5, 5.41) is 2.79. The summed E-state index contributed by atoms with van der Waals surface area (Å²) in [6, 6.07) is 15.3. The summed E-state index contributed by atoms with van der Waals surface area (Å²) in [7, 11) is -0.572. The minimum Gasteiger partial charge on any atom is -0.322 e. The maximum atomic E-state index is 13.2. The first-order valence-corrected chi connectivity index (χ1v) is 12.1. The van der Waals surface area contributed by atoms with Gasteiger partial charge >= 0.3 is 5.69 Å². The molecular formula is C25H26N4O4S. The first-order chi connectivity index (χ1) is 16.0. The molecule has 0 saturated carbocycles. The van der Waals surface area contributed by atoms with Gasteiger partial charge in [-0.2, -0.15) is 0 Å². The summed E-state index contributed by atoms with van der Waals surface area (Å²) in [4.78, 5) is 25.1. The number of aromatic nitrogens is 2. The maximum absolute atomic E-state index is 13.2. The van der Waals surface area contributed by atoms with E-state index in [1.54, 1.807) is 57.4 Å². The first-order valence-electron chi connectivity index (χ1n) is 10.7. The highest BCUT2D eigenvalue weighted by Crippen LogP contribution is 2.25. The van der Waals surface area contributed by atoms with Gasteiger partial charge in [-0.25, -0.2) is 13.2 Å². The number of benzene rings is 3. The van der Waals surface area contributed by atoms with Gasteiger partial charge in [-0.3, -0.25) is 18.7 Å². The first kappa shape index (κ1) is 23.3. The Bertz CT molecular complexity index is 1610. The molecule has 0 unspecified atom stereocenters. The molecule has 1 amide bonds. The second-order valence-corrected chi connectivity index (χ2v) is 10.1. The average molecular weight is 479 g/mol. The van der Waals surface area contributed by atoms with Gasteiger partial charge in [0.05, 0.1) is 21.6 Å². The van der Waals surface area contributed by atoms with Crippen molar-refractivity contribution in [2.24, 2.45) is 14.1 Å². The highest BCUT2D eigenvalue weighted by atomic mass is 32.2. The van der Waals surface area contributed by atoms with Crippen LogP contribution in [-0.2, 0) is 24.1 Å². The number of rotatable bonds is 5. The topological polar surface area (TPSA) is 102 Å². The van der Waals surface area contributed by atoms with Crippen LogP contribution in [-0.4, -0.2) is 23.5 Å². The van der Waals surface area contributed by atoms with Crippen molar-refractivity contribution < 1.29 is 13.2 Å². The monoisotopic (exact) mass is 478 g/mol. The molecule has 0 aliphatic carbocycles. The van der Waals surface area contributed by atoms with Gasteiger partial charge in [0.2, 0.25) is 0 Å². The summed E-state index contributed by atoms with van der Waals surface area (Å²) in [6.45, 7) is 5.40. The predicted octanol–water partition coefficient (Wildman–Crippen LogP) is 3.86. The summed E-state index contributed by atoms with van der Waals surface area (Å²) in [5.74, 6) is -0.455. The standard InChI is InChI=1S/C25H26N4O4S/c1-15-6-7-16(2)20(12-15)27-34(32,33)23-13-18(9-8-17(23)3)24(30)26-19-10-11-21-22(14-19)29(5)25(31)28(21)4/h6-14,27H,1-5H3,(H,26,30). The van der Waals surface area contributed by atoms with E-state index in [0.29, 0.717) is 22.5 Å². The highest BCUT2D eigenvalue weighted by molar-refractivity contribution is 7.92. The molecule has 1 heterocycles. The third-order valence-electron chi connectivity index (χ3n) is 5.91. The van der Waals surface area contributed by atoms with Crippen molar-refractivity contribution in [2.75, 3.05) is 10.0 Å². The van der Waals surface area contributed by atoms with Crippen molar-refractivity contribution in [1.29, 1.82) is 0 Å². The van der Waals surface area contributed by atoms with Gasteiger partial charge in [-0.15, -0.1) is 0 Å². The Morgan fingerprint density at radius 3 is 2.24 bits per heavy atom. The van der Waals surface area contributed by atoms with Crippen LogP contribution in [0.5, 0.6) is 0 Å². The van der Waals surface area contributed by atoms with Crippen molar-refractivity contribution in [2.45, 2.75) is 25.7 Å². The lowest BCUT2D eigenvalue weighted by atomic mass is 10.1. The zero-order valence-corrected chi connectivity index (χ0v) is 20.4. The Morgan fingerprint density at radius 1 is 0.824 bits per heavy atom. The Hall–Kier alpha value is -3.85. The van der Waals surface area contributed by atoms with Gasteiger partial charge < -0.3 is 5.32 Å². The number of imidazole rings is 1. The fourth-order valence-electron chi connectivity index (χ4n) is 3.86. The van der Waals surface area contributed by atoms with E-state index in [4.69, 9.17) is 0 Å². The smallest absolute Gasteiger partial charge is 0.322 e. The quantitative estimate of drug-likeness (QED) is 0.455. The van der Waals surface area contributed by atoms with Crippen LogP contribution in [0.1, 0.15) is 27.0 Å². The van der Waals surface area contributed by atoms with E-state index in [2.05, 4.69) is 10.0 Å². The number of carbonyl (C=O) groups excluding carboxylic acids is 1. The molecule has 9 heteroatoms. The molecule has 176 valence electrons. The number of fused-ring (bicyclic) bond motifs is 1. The molecule has 0 spiro atoms. The predicted molar refractivity (Wildman–Crippen MR) is 134 cm³/mol. The van der Waals surface area contributed by atoms with Crippen LogP contribution in [0.3, 0.4) is 0 Å². The van der Waals surface area contributed by atoms with E-state index in [1.807, 2.05) is 26.0 Å². The number of sulfonamides is 1. The second-order valence-electron chi connectivity index (χ2n) is 8.46. The lowest BCUT2D eigenvalue weighted by molar-refractivity contribution is 0.102. The van der Waals surface area contributed by atoms with Crippen LogP contribution in [0.4, 0.5) is 11.4 Å². The van der Waals surface area contributed by atoms with Crippen LogP contribution >= 0.6 is 0 Å². The van der Waals surface area contributed by atoms with Crippen molar-refractivity contribution in [3.8, 4) is 0 Å². The van der Waals surface area contributed by atoms with Crippen molar-refractivity contribution >= 4 is 38.3 Å². The fourth-order valence-corrected chi connectivity index (χ4v) is 5.26. The van der Waals surface area contributed by atoms with Gasteiger partial charge in [-0.05, 0) is 73.9 Å². The van der Waals surface area contributed by atoms with Crippen LogP contribution in [0.2, 0.25) is 0 Å². The molecule has 34 heavy (non-hydrogen) atoms. The Balaban J connectivity index is 1.64. The molecule has 3 aromatic carbocycles. The summed E-state index contributed by atoms with van der Waals surface area (Å²) >= 11 is 0. The van der Waals surface area contributed by atoms with E-state index in [-0.39, 0.29) is 16.1 Å². The summed E-state index contributed by atoms with van der Waals surface area (Å²) in [6.07, 6.45) is 0. The molecule has 0 aliphatic heterocycles. The van der Waals surface area contributed by atoms with Crippen molar-refractivity contribution in [3.63, 3.8) is 0 Å². The normalized spacial score (nSPS) is 11.6. The molecule has 0 fully saturated rings. The number of nitrogens with one attached hydrogen (secondary N) is 2. The molecule has 0 bridgehead atoms. The number of amides is 1. The van der Waals surface area contributed by atoms with E-state index < -0.39 is 15.9 Å². The van der Waals surface area contributed by atoms with Crippen LogP contribution in [0, 0.1) is 20.8 Å². The Morgan fingerprint density at radius 2 is 1.50 bits per heavy atom. The zero-order chi connectivity index (χ0) is 24.8. The Kier molecular flexibility index (Phi) is 5.82. The summed E-state index contributed by atoms with van der Waals surface area (Å²) < 4.78 is 32.0. The molecule has 1 aromatic heterocycles. The van der Waals surface area contributed by atoms with Gasteiger partial charge in [0.25, 0.3) is 15.9 Å². The second kappa shape index (κ2) is 8.49. The number of aryl methyl sites for hydroxylation is 5. The van der Waals surface area contributed by atoms with Crippen LogP contribution in [0.15, 0.2) is 64.3 Å². The van der Waals surface area contributed by atoms with E-state index in [9.17, 15) is 18.0 Å². The number of hydrogen-bond acceptors (Lipinski definition) is 4. The molecular weight excluding hydrogens is 452 g/mol. The van der Waals surface area contributed by atoms with Crippen LogP contribution < -0.4 is 15.7 Å². The molecule has 4 rings (SSSR count). The fraction of sp³-hybridized carbons (Fsp3) is 0.200. The average Bonchev–Trinajstić information content (AvgIpc) is 3.00. The lowest BCUT2D eigenvalue weighted by Crippen LogP contribution is -2.19. The van der Waals surface area contributed by atoms with E-state index in [1.165, 1.54) is 15.2 Å². The highest BCUT2D eigenvalue weighted by Gasteiger charge is 2.20. The summed E-state index contributed by atoms with van der Waals surface area (Å²) in [5.41, 5.74) is 4.70. The zero-order valence-electron chi connectivity index (χ0n) is 19.6. The minimum absolute atomic E-state index is 0.0296. The minimum atomic E-state index is -3.92. The van der Waals surface area contributed by atoms with Crippen molar-refractivity contribution in [1.82, 2.24) is 9.13 Å². The number of carbonyl (C=O) groups is 1. The van der Waals surface area contributed by atoms with Crippen LogP contribution in [0.25, 0.3) is 11.0 Å². The molecule has 0 aliphatic rings. The SMILES string of the molecule is Cc1ccc(C)c(NS(=O)(=O)c2cc(C(=O)Nc3ccc4c(c3)n(C)c(=O)n4C)ccc2C)c1. The maximum Gasteiger partial charge on any atom is 0.328 e. The number of nitrogens with zero attached hydrogens (tertiary/aromatic N) is 2. The van der Waals surface area contributed by atoms with Gasteiger partial charge in [0.1, 0.15) is 0 Å². The van der Waals surface area contributed by atoms with E-state index >= 15 is 0 Å². The lowest BCUT2D eigenvalue weighted by Gasteiger charge is -2.14. The molecule has 4 aromatic rings. The largest absolute Gasteiger partial charge is 0.328 e. The molecule has 0 atom stereocenters. The third kappa shape index (κ3) is 4.22. The van der Waals surface area contributed by atoms with Gasteiger partial charge in [0, 0.05) is 25.3 Å². The Labute approximate surface area is 197 Å². The number of hydrogen-bond donors (Lipinski definition) is 2. The van der Waals surface area contributed by atoms with Crippen molar-refractivity contribution in [3.05, 3.63) is 87.3 Å². The molecule has 8 nitrogen and oxygen atoms in total.